The van der Waals surface area contributed by atoms with Crippen molar-refractivity contribution < 1.29 is 14.7 Å². The Balaban J connectivity index is 1.79. The molecule has 2 heterocycles. The van der Waals surface area contributed by atoms with Crippen molar-refractivity contribution in [2.45, 2.75) is 12.8 Å². The Hall–Kier alpha value is -3.68. The zero-order valence-electron chi connectivity index (χ0n) is 13.8. The van der Waals surface area contributed by atoms with E-state index in [2.05, 4.69) is 10.3 Å². The number of pyridine rings is 1. The van der Waals surface area contributed by atoms with Crippen molar-refractivity contribution in [1.82, 2.24) is 9.38 Å². The minimum Gasteiger partial charge on any atom is -0.481 e. The van der Waals surface area contributed by atoms with Gasteiger partial charge in [-0.3, -0.25) is 15.0 Å². The molecule has 2 aromatic heterocycles. The molecule has 8 heteroatoms. The molecule has 5 N–H and O–H groups in total. The Morgan fingerprint density at radius 1 is 1.12 bits per heavy atom. The van der Waals surface area contributed by atoms with E-state index in [1.54, 1.807) is 34.9 Å². The minimum absolute atomic E-state index is 0.00910. The predicted molar refractivity (Wildman–Crippen MR) is 97.1 cm³/mol. The Kier molecular flexibility index (Phi) is 4.66. The van der Waals surface area contributed by atoms with Crippen LogP contribution < -0.4 is 11.1 Å². The van der Waals surface area contributed by atoms with Crippen LogP contribution in [0.4, 0.5) is 5.69 Å². The lowest BCUT2D eigenvalue weighted by atomic mass is 10.1. The maximum Gasteiger partial charge on any atom is 0.303 e. The highest BCUT2D eigenvalue weighted by atomic mass is 16.4. The average molecular weight is 351 g/mol. The van der Waals surface area contributed by atoms with Crippen molar-refractivity contribution >= 4 is 29.0 Å². The van der Waals surface area contributed by atoms with Crippen LogP contribution in [0.5, 0.6) is 0 Å². The molecule has 0 atom stereocenters. The number of hydrogen-bond acceptors (Lipinski definition) is 4. The molecule has 0 saturated heterocycles. The second-order valence-electron chi connectivity index (χ2n) is 5.74. The van der Waals surface area contributed by atoms with Crippen LogP contribution in [-0.2, 0) is 9.59 Å². The Morgan fingerprint density at radius 2 is 1.85 bits per heavy atom. The van der Waals surface area contributed by atoms with Crippen molar-refractivity contribution in [3.8, 4) is 11.3 Å². The summed E-state index contributed by atoms with van der Waals surface area (Å²) in [5, 5.41) is 18.7. The topological polar surface area (TPSA) is 134 Å². The maximum absolute atomic E-state index is 11.7. The van der Waals surface area contributed by atoms with Crippen LogP contribution in [-0.4, -0.2) is 32.2 Å². The molecule has 0 bridgehead atoms. The Morgan fingerprint density at radius 3 is 2.50 bits per heavy atom. The van der Waals surface area contributed by atoms with Gasteiger partial charge in [0.2, 0.25) is 5.91 Å². The number of carbonyl (C=O) groups is 2. The third kappa shape index (κ3) is 3.86. The van der Waals surface area contributed by atoms with E-state index >= 15 is 0 Å². The molecule has 0 saturated carbocycles. The van der Waals surface area contributed by atoms with E-state index in [0.29, 0.717) is 16.9 Å². The van der Waals surface area contributed by atoms with Crippen LogP contribution >= 0.6 is 0 Å². The van der Waals surface area contributed by atoms with Gasteiger partial charge in [-0.05, 0) is 12.1 Å². The summed E-state index contributed by atoms with van der Waals surface area (Å²) in [6, 6.07) is 10.7. The number of benzene rings is 1. The number of anilines is 1. The molecule has 0 unspecified atom stereocenters. The maximum atomic E-state index is 11.7. The summed E-state index contributed by atoms with van der Waals surface area (Å²) in [4.78, 5) is 26.8. The molecule has 0 fully saturated rings. The molecule has 1 aromatic carbocycles. The molecule has 1 amide bonds. The molecule has 0 aliphatic heterocycles. The number of amidine groups is 1. The SMILES string of the molecule is N=C(N)c1ccc(-c2cn3cc(NC(=O)CCC(=O)O)ccc3n2)cc1. The highest BCUT2D eigenvalue weighted by molar-refractivity contribution is 5.95. The van der Waals surface area contributed by atoms with E-state index in [1.165, 1.54) is 0 Å². The van der Waals surface area contributed by atoms with Crippen LogP contribution in [0.15, 0.2) is 48.8 Å². The number of aromatic nitrogens is 2. The van der Waals surface area contributed by atoms with Crippen LogP contribution in [0.2, 0.25) is 0 Å². The molecule has 0 radical (unpaired) electrons. The number of nitrogens with one attached hydrogen (secondary N) is 2. The number of carbonyl (C=O) groups excluding carboxylic acids is 1. The molecule has 8 nitrogen and oxygen atoms in total. The van der Waals surface area contributed by atoms with Gasteiger partial charge < -0.3 is 20.6 Å². The molecule has 0 spiro atoms. The molecule has 132 valence electrons. The zero-order chi connectivity index (χ0) is 18.7. The third-order valence-corrected chi connectivity index (χ3v) is 3.79. The highest BCUT2D eigenvalue weighted by Gasteiger charge is 2.08. The summed E-state index contributed by atoms with van der Waals surface area (Å²) >= 11 is 0. The van der Waals surface area contributed by atoms with E-state index in [1.807, 2.05) is 18.3 Å². The van der Waals surface area contributed by atoms with E-state index in [0.717, 1.165) is 11.3 Å². The Labute approximate surface area is 148 Å². The number of imidazole rings is 1. The van der Waals surface area contributed by atoms with E-state index in [4.69, 9.17) is 16.2 Å². The van der Waals surface area contributed by atoms with Crippen molar-refractivity contribution in [1.29, 1.82) is 5.41 Å². The van der Waals surface area contributed by atoms with Gasteiger partial charge in [-0.15, -0.1) is 0 Å². The molecule has 3 aromatic rings. The van der Waals surface area contributed by atoms with Crippen molar-refractivity contribution in [2.75, 3.05) is 5.32 Å². The summed E-state index contributed by atoms with van der Waals surface area (Å²) < 4.78 is 1.78. The number of hydrogen-bond donors (Lipinski definition) is 4. The van der Waals surface area contributed by atoms with E-state index in [9.17, 15) is 9.59 Å². The molecule has 0 aliphatic carbocycles. The fourth-order valence-electron chi connectivity index (χ4n) is 2.47. The van der Waals surface area contributed by atoms with Crippen molar-refractivity contribution in [3.05, 3.63) is 54.4 Å². The smallest absolute Gasteiger partial charge is 0.303 e. The zero-order valence-corrected chi connectivity index (χ0v) is 13.8. The van der Waals surface area contributed by atoms with Gasteiger partial charge in [-0.25, -0.2) is 4.98 Å². The number of fused-ring (bicyclic) bond motifs is 1. The Bertz CT molecular complexity index is 992. The van der Waals surface area contributed by atoms with Gasteiger partial charge in [0, 0.05) is 29.9 Å². The average Bonchev–Trinajstić information content (AvgIpc) is 3.03. The van der Waals surface area contributed by atoms with E-state index in [-0.39, 0.29) is 24.6 Å². The number of nitrogens with two attached hydrogens (primary N) is 1. The first-order valence-electron chi connectivity index (χ1n) is 7.87. The standard InChI is InChI=1S/C18H17N5O3/c19-18(20)12-3-1-11(2-4-12)14-10-23-9-13(5-6-15(23)22-14)21-16(24)7-8-17(25)26/h1-6,9-10H,7-8H2,(H3,19,20)(H,21,24)(H,25,26). The van der Waals surface area contributed by atoms with Crippen molar-refractivity contribution in [2.24, 2.45) is 5.73 Å². The number of nitrogen functional groups attached to an aromatic ring is 1. The van der Waals surface area contributed by atoms with Crippen LogP contribution in [0.1, 0.15) is 18.4 Å². The first-order valence-corrected chi connectivity index (χ1v) is 7.87. The van der Waals surface area contributed by atoms with Gasteiger partial charge in [-0.1, -0.05) is 24.3 Å². The lowest BCUT2D eigenvalue weighted by Gasteiger charge is -2.04. The molecule has 26 heavy (non-hydrogen) atoms. The summed E-state index contributed by atoms with van der Waals surface area (Å²) in [7, 11) is 0. The molecule has 0 aliphatic rings. The first kappa shape index (κ1) is 17.2. The van der Waals surface area contributed by atoms with Gasteiger partial charge >= 0.3 is 5.97 Å². The lowest BCUT2D eigenvalue weighted by molar-refractivity contribution is -0.138. The second kappa shape index (κ2) is 7.06. The predicted octanol–water partition coefficient (Wildman–Crippen LogP) is 2.09. The molecular formula is C18H17N5O3. The fourth-order valence-corrected chi connectivity index (χ4v) is 2.47. The van der Waals surface area contributed by atoms with Gasteiger partial charge in [0.05, 0.1) is 17.8 Å². The summed E-state index contributed by atoms with van der Waals surface area (Å²) in [6.07, 6.45) is 3.25. The van der Waals surface area contributed by atoms with E-state index < -0.39 is 5.97 Å². The second-order valence-corrected chi connectivity index (χ2v) is 5.74. The number of carboxylic acid groups (broad SMARTS) is 1. The molecule has 3 rings (SSSR count). The number of nitrogens with zero attached hydrogens (tertiary/aromatic N) is 2. The normalized spacial score (nSPS) is 10.6. The van der Waals surface area contributed by atoms with Crippen LogP contribution in [0.3, 0.4) is 0 Å². The van der Waals surface area contributed by atoms with Gasteiger partial charge in [0.1, 0.15) is 11.5 Å². The van der Waals surface area contributed by atoms with Gasteiger partial charge in [-0.2, -0.15) is 0 Å². The number of carboxylic acids is 1. The number of rotatable bonds is 6. The minimum atomic E-state index is -1.01. The summed E-state index contributed by atoms with van der Waals surface area (Å²) in [5.74, 6) is -1.35. The number of aliphatic carboxylic acids is 1. The third-order valence-electron chi connectivity index (χ3n) is 3.79. The molecular weight excluding hydrogens is 334 g/mol. The lowest BCUT2D eigenvalue weighted by Crippen LogP contribution is -2.13. The number of amides is 1. The van der Waals surface area contributed by atoms with Crippen molar-refractivity contribution in [3.63, 3.8) is 0 Å². The summed E-state index contributed by atoms with van der Waals surface area (Å²) in [6.45, 7) is 0. The van der Waals surface area contributed by atoms with Gasteiger partial charge in [0.15, 0.2) is 0 Å². The summed E-state index contributed by atoms with van der Waals surface area (Å²) in [5.41, 5.74) is 8.99. The van der Waals surface area contributed by atoms with Crippen LogP contribution in [0.25, 0.3) is 16.9 Å². The first-order chi connectivity index (χ1) is 12.4. The van der Waals surface area contributed by atoms with Crippen LogP contribution in [0, 0.1) is 5.41 Å². The monoisotopic (exact) mass is 351 g/mol. The quantitative estimate of drug-likeness (QED) is 0.398. The highest BCUT2D eigenvalue weighted by Crippen LogP contribution is 2.21. The largest absolute Gasteiger partial charge is 0.481 e. The fraction of sp³-hybridized carbons (Fsp3) is 0.111. The van der Waals surface area contributed by atoms with Gasteiger partial charge in [0.25, 0.3) is 0 Å².